The molecular weight excluding hydrogens is 288 g/mol. The van der Waals surface area contributed by atoms with Crippen LogP contribution in [0.2, 0.25) is 0 Å². The average molecular weight is 322 g/mol. The minimum absolute atomic E-state index is 0.112. The zero-order chi connectivity index (χ0) is 17.5. The van der Waals surface area contributed by atoms with Gasteiger partial charge >= 0.3 is 0 Å². The molecule has 2 aliphatic rings. The van der Waals surface area contributed by atoms with Crippen LogP contribution in [-0.4, -0.2) is 37.1 Å². The van der Waals surface area contributed by atoms with E-state index in [4.69, 9.17) is 19.5 Å². The summed E-state index contributed by atoms with van der Waals surface area (Å²) in [6.45, 7) is 19.0. The maximum absolute atomic E-state index is 6.06. The second-order valence-corrected chi connectivity index (χ2v) is 9.04. The molecule has 4 heteroatoms. The summed E-state index contributed by atoms with van der Waals surface area (Å²) in [6.07, 6.45) is 1.80. The van der Waals surface area contributed by atoms with E-state index in [2.05, 4.69) is 55.4 Å². The van der Waals surface area contributed by atoms with E-state index in [1.165, 1.54) is 0 Å². The third-order valence-corrected chi connectivity index (χ3v) is 5.33. The summed E-state index contributed by atoms with van der Waals surface area (Å²) in [5.41, 5.74) is -0.0808. The summed E-state index contributed by atoms with van der Waals surface area (Å²) < 4.78 is 12.1. The van der Waals surface area contributed by atoms with Crippen LogP contribution < -0.4 is 0 Å². The highest BCUT2D eigenvalue weighted by Gasteiger charge is 2.48. The number of rotatable bonds is 4. The Morgan fingerprint density at radius 3 is 1.35 bits per heavy atom. The molecule has 0 fully saturated rings. The SMILES string of the molecule is CCC(CC)(C1=NC(C(C)(C)C)CO1)C1=NC(C(C)(C)C)CO1. The first-order chi connectivity index (χ1) is 10.5. The quantitative estimate of drug-likeness (QED) is 0.766. The average Bonchev–Trinajstić information content (AvgIpc) is 3.08. The lowest BCUT2D eigenvalue weighted by Crippen LogP contribution is -2.39. The van der Waals surface area contributed by atoms with Crippen LogP contribution in [0.1, 0.15) is 68.2 Å². The molecule has 2 unspecified atom stereocenters. The summed E-state index contributed by atoms with van der Waals surface area (Å²) in [5, 5.41) is 0. The highest BCUT2D eigenvalue weighted by molar-refractivity contribution is 6.06. The highest BCUT2D eigenvalue weighted by Crippen LogP contribution is 2.40. The van der Waals surface area contributed by atoms with Gasteiger partial charge in [0.05, 0.1) is 12.1 Å². The molecule has 2 aliphatic heterocycles. The van der Waals surface area contributed by atoms with Gasteiger partial charge in [0.1, 0.15) is 18.6 Å². The van der Waals surface area contributed by atoms with Crippen LogP contribution in [0.15, 0.2) is 9.98 Å². The van der Waals surface area contributed by atoms with Gasteiger partial charge in [-0.1, -0.05) is 55.4 Å². The molecule has 0 aliphatic carbocycles. The van der Waals surface area contributed by atoms with Gasteiger partial charge in [0.2, 0.25) is 0 Å². The summed E-state index contributed by atoms with van der Waals surface area (Å²) in [5.74, 6) is 1.66. The summed E-state index contributed by atoms with van der Waals surface area (Å²) in [6, 6.07) is 0.408. The molecule has 132 valence electrons. The third kappa shape index (κ3) is 3.41. The van der Waals surface area contributed by atoms with Crippen LogP contribution >= 0.6 is 0 Å². The van der Waals surface area contributed by atoms with E-state index in [1.807, 2.05) is 0 Å². The van der Waals surface area contributed by atoms with Crippen molar-refractivity contribution in [3.63, 3.8) is 0 Å². The molecule has 0 saturated heterocycles. The van der Waals surface area contributed by atoms with Crippen LogP contribution in [0, 0.1) is 16.2 Å². The zero-order valence-corrected chi connectivity index (χ0v) is 16.2. The normalized spacial score (nSPS) is 25.7. The molecule has 2 atom stereocenters. The van der Waals surface area contributed by atoms with Crippen molar-refractivity contribution in [1.82, 2.24) is 0 Å². The van der Waals surface area contributed by atoms with E-state index >= 15 is 0 Å². The first kappa shape index (κ1) is 18.3. The van der Waals surface area contributed by atoms with Crippen LogP contribution in [0.3, 0.4) is 0 Å². The Bertz CT molecular complexity index is 448. The third-order valence-electron chi connectivity index (χ3n) is 5.33. The number of ether oxygens (including phenoxy) is 2. The Hall–Kier alpha value is -1.06. The lowest BCUT2D eigenvalue weighted by atomic mass is 9.81. The minimum Gasteiger partial charge on any atom is -0.478 e. The lowest BCUT2D eigenvalue weighted by molar-refractivity contribution is 0.205. The number of nitrogens with zero attached hydrogens (tertiary/aromatic N) is 2. The summed E-state index contributed by atoms with van der Waals surface area (Å²) in [7, 11) is 0. The molecule has 2 rings (SSSR count). The van der Waals surface area contributed by atoms with Crippen molar-refractivity contribution >= 4 is 11.8 Å². The second-order valence-electron chi connectivity index (χ2n) is 9.04. The van der Waals surface area contributed by atoms with Gasteiger partial charge in [-0.05, 0) is 23.7 Å². The molecule has 0 bridgehead atoms. The summed E-state index contributed by atoms with van der Waals surface area (Å²) in [4.78, 5) is 9.88. The van der Waals surface area contributed by atoms with E-state index in [9.17, 15) is 0 Å². The fourth-order valence-corrected chi connectivity index (χ4v) is 3.10. The first-order valence-corrected chi connectivity index (χ1v) is 8.96. The molecule has 0 aromatic rings. The van der Waals surface area contributed by atoms with Gasteiger partial charge in [0.15, 0.2) is 11.8 Å². The highest BCUT2D eigenvalue weighted by atomic mass is 16.5. The van der Waals surface area contributed by atoms with Crippen LogP contribution in [0.5, 0.6) is 0 Å². The lowest BCUT2D eigenvalue weighted by Gasteiger charge is -2.29. The molecule has 4 nitrogen and oxygen atoms in total. The van der Waals surface area contributed by atoms with E-state index < -0.39 is 0 Å². The van der Waals surface area contributed by atoms with E-state index in [1.54, 1.807) is 0 Å². The van der Waals surface area contributed by atoms with Crippen molar-refractivity contribution in [2.45, 2.75) is 80.3 Å². The topological polar surface area (TPSA) is 43.2 Å². The monoisotopic (exact) mass is 322 g/mol. The Balaban J connectivity index is 2.35. The molecule has 23 heavy (non-hydrogen) atoms. The minimum atomic E-state index is -0.306. The van der Waals surface area contributed by atoms with Gasteiger partial charge in [-0.25, -0.2) is 9.98 Å². The van der Waals surface area contributed by atoms with Crippen LogP contribution in [-0.2, 0) is 9.47 Å². The molecule has 0 saturated carbocycles. The standard InChI is InChI=1S/C19H34N2O2/c1-9-19(10-2,15-20-13(11-22-15)17(3,4)5)16-21-14(12-23-16)18(6,7)8/h13-14H,9-12H2,1-8H3. The maximum atomic E-state index is 6.06. The fraction of sp³-hybridized carbons (Fsp3) is 0.895. The van der Waals surface area contributed by atoms with Crippen LogP contribution in [0.25, 0.3) is 0 Å². The fourth-order valence-electron chi connectivity index (χ4n) is 3.10. The van der Waals surface area contributed by atoms with Crippen molar-refractivity contribution in [3.05, 3.63) is 0 Å². The number of hydrogen-bond acceptors (Lipinski definition) is 4. The Kier molecular flexibility index (Phi) is 4.85. The van der Waals surface area contributed by atoms with Gasteiger partial charge < -0.3 is 9.47 Å². The van der Waals surface area contributed by atoms with Gasteiger partial charge in [-0.15, -0.1) is 0 Å². The van der Waals surface area contributed by atoms with Crippen molar-refractivity contribution in [3.8, 4) is 0 Å². The molecule has 0 amide bonds. The maximum Gasteiger partial charge on any atom is 0.199 e. The number of hydrogen-bond donors (Lipinski definition) is 0. The van der Waals surface area contributed by atoms with Gasteiger partial charge in [0.25, 0.3) is 0 Å². The summed E-state index contributed by atoms with van der Waals surface area (Å²) >= 11 is 0. The van der Waals surface area contributed by atoms with Crippen LogP contribution in [0.4, 0.5) is 0 Å². The number of aliphatic imine (C=N–C) groups is 2. The predicted octanol–water partition coefficient (Wildman–Crippen LogP) is 4.48. The Labute approximate surface area is 141 Å². The van der Waals surface area contributed by atoms with E-state index in [0.717, 1.165) is 24.6 Å². The van der Waals surface area contributed by atoms with E-state index in [-0.39, 0.29) is 28.3 Å². The predicted molar refractivity (Wildman–Crippen MR) is 96.3 cm³/mol. The van der Waals surface area contributed by atoms with Gasteiger partial charge in [-0.2, -0.15) is 0 Å². The van der Waals surface area contributed by atoms with Crippen molar-refractivity contribution in [1.29, 1.82) is 0 Å². The molecule has 0 radical (unpaired) electrons. The Morgan fingerprint density at radius 1 is 0.783 bits per heavy atom. The molecule has 0 aromatic carbocycles. The molecular formula is C19H34N2O2. The van der Waals surface area contributed by atoms with E-state index in [0.29, 0.717) is 13.2 Å². The first-order valence-electron chi connectivity index (χ1n) is 8.96. The largest absolute Gasteiger partial charge is 0.478 e. The molecule has 2 heterocycles. The van der Waals surface area contributed by atoms with Crippen molar-refractivity contribution in [2.75, 3.05) is 13.2 Å². The van der Waals surface area contributed by atoms with Crippen molar-refractivity contribution in [2.24, 2.45) is 26.2 Å². The zero-order valence-electron chi connectivity index (χ0n) is 16.2. The molecule has 0 aromatic heterocycles. The second kappa shape index (κ2) is 6.10. The Morgan fingerprint density at radius 2 is 1.13 bits per heavy atom. The smallest absolute Gasteiger partial charge is 0.199 e. The molecule has 0 spiro atoms. The molecule has 0 N–H and O–H groups in total. The van der Waals surface area contributed by atoms with Crippen molar-refractivity contribution < 1.29 is 9.47 Å². The van der Waals surface area contributed by atoms with Gasteiger partial charge in [-0.3, -0.25) is 0 Å². The van der Waals surface area contributed by atoms with Gasteiger partial charge in [0, 0.05) is 0 Å².